The molecule has 0 aliphatic heterocycles. The van der Waals surface area contributed by atoms with E-state index < -0.39 is 0 Å². The van der Waals surface area contributed by atoms with E-state index in [1.165, 1.54) is 16.9 Å². The van der Waals surface area contributed by atoms with E-state index >= 15 is 0 Å². The van der Waals surface area contributed by atoms with Gasteiger partial charge in [-0.3, -0.25) is 4.79 Å². The van der Waals surface area contributed by atoms with Crippen molar-refractivity contribution in [2.75, 3.05) is 11.4 Å². The number of hydrogen-bond donors (Lipinski definition) is 0. The number of carbonyl (C=O) groups is 1. The number of hydrogen-bond acceptors (Lipinski definition) is 2. The minimum absolute atomic E-state index is 0.139. The summed E-state index contributed by atoms with van der Waals surface area (Å²) in [6.45, 7) is 8.27. The zero-order valence-corrected chi connectivity index (χ0v) is 15.5. The van der Waals surface area contributed by atoms with E-state index in [4.69, 9.17) is 0 Å². The molecule has 3 aromatic rings. The monoisotopic (exact) mass is 351 g/mol. The maximum Gasteiger partial charge on any atom is 0.261 e. The van der Waals surface area contributed by atoms with Crippen LogP contribution in [0.4, 0.5) is 10.1 Å². The molecule has 2 aromatic carbocycles. The zero-order chi connectivity index (χ0) is 18.8. The highest BCUT2D eigenvalue weighted by molar-refractivity contribution is 6.07. The first-order valence-corrected chi connectivity index (χ1v) is 8.62. The largest absolute Gasteiger partial charge is 0.308 e. The molecule has 0 saturated heterocycles. The van der Waals surface area contributed by atoms with Gasteiger partial charge in [0.2, 0.25) is 0 Å². The second kappa shape index (κ2) is 7.12. The van der Waals surface area contributed by atoms with Crippen LogP contribution in [0.1, 0.15) is 34.1 Å². The zero-order valence-electron chi connectivity index (χ0n) is 15.5. The van der Waals surface area contributed by atoms with E-state index in [0.717, 1.165) is 16.8 Å². The first kappa shape index (κ1) is 17.9. The van der Waals surface area contributed by atoms with Crippen molar-refractivity contribution >= 4 is 11.6 Å². The Bertz CT molecular complexity index is 962. The Kier molecular flexibility index (Phi) is 4.89. The highest BCUT2D eigenvalue weighted by atomic mass is 19.1. The molecule has 0 aliphatic rings. The Morgan fingerprint density at radius 2 is 1.88 bits per heavy atom. The van der Waals surface area contributed by atoms with Crippen LogP contribution in [-0.4, -0.2) is 22.2 Å². The molecule has 0 bridgehead atoms. The van der Waals surface area contributed by atoms with Crippen molar-refractivity contribution in [3.8, 4) is 5.69 Å². The van der Waals surface area contributed by atoms with Crippen LogP contribution < -0.4 is 4.90 Å². The molecule has 3 rings (SSSR count). The number of anilines is 1. The van der Waals surface area contributed by atoms with Gasteiger partial charge in [-0.1, -0.05) is 29.8 Å². The van der Waals surface area contributed by atoms with Gasteiger partial charge in [0.25, 0.3) is 5.91 Å². The van der Waals surface area contributed by atoms with Gasteiger partial charge in [0.15, 0.2) is 0 Å². The molecule has 0 aliphatic carbocycles. The average molecular weight is 351 g/mol. The van der Waals surface area contributed by atoms with Gasteiger partial charge in [0.1, 0.15) is 11.5 Å². The lowest BCUT2D eigenvalue weighted by atomic mass is 10.1. The minimum Gasteiger partial charge on any atom is -0.308 e. The lowest BCUT2D eigenvalue weighted by Crippen LogP contribution is -2.31. The van der Waals surface area contributed by atoms with Crippen molar-refractivity contribution in [3.63, 3.8) is 0 Å². The Morgan fingerprint density at radius 3 is 2.54 bits per heavy atom. The third-order valence-electron chi connectivity index (χ3n) is 4.53. The lowest BCUT2D eigenvalue weighted by Gasteiger charge is -2.23. The maximum atomic E-state index is 14.1. The van der Waals surface area contributed by atoms with E-state index in [1.807, 2.05) is 32.9 Å². The molecule has 1 heterocycles. The molecular weight excluding hydrogens is 329 g/mol. The summed E-state index contributed by atoms with van der Waals surface area (Å²) >= 11 is 0. The van der Waals surface area contributed by atoms with Crippen molar-refractivity contribution in [1.82, 2.24) is 9.78 Å². The van der Waals surface area contributed by atoms with Crippen molar-refractivity contribution < 1.29 is 9.18 Å². The number of benzene rings is 2. The van der Waals surface area contributed by atoms with Crippen LogP contribution in [0.5, 0.6) is 0 Å². The van der Waals surface area contributed by atoms with Crippen molar-refractivity contribution in [2.24, 2.45) is 0 Å². The molecule has 0 saturated carbocycles. The third kappa shape index (κ3) is 3.12. The minimum atomic E-state index is -0.376. The fourth-order valence-corrected chi connectivity index (χ4v) is 3.16. The fourth-order valence-electron chi connectivity index (χ4n) is 3.16. The van der Waals surface area contributed by atoms with Gasteiger partial charge < -0.3 is 4.90 Å². The maximum absolute atomic E-state index is 14.1. The van der Waals surface area contributed by atoms with Gasteiger partial charge in [-0.05, 0) is 51.5 Å². The number of amides is 1. The van der Waals surface area contributed by atoms with Crippen molar-refractivity contribution in [3.05, 3.63) is 76.9 Å². The number of nitrogens with zero attached hydrogens (tertiary/aromatic N) is 3. The summed E-state index contributed by atoms with van der Waals surface area (Å²) in [5.74, 6) is -0.515. The Morgan fingerprint density at radius 1 is 1.15 bits per heavy atom. The first-order valence-electron chi connectivity index (χ1n) is 8.62. The number of carbonyl (C=O) groups excluding carboxylic acids is 1. The van der Waals surface area contributed by atoms with Crippen LogP contribution in [0, 0.1) is 26.6 Å². The summed E-state index contributed by atoms with van der Waals surface area (Å²) in [4.78, 5) is 14.9. The van der Waals surface area contributed by atoms with E-state index in [9.17, 15) is 9.18 Å². The molecule has 5 heteroatoms. The molecule has 1 aromatic heterocycles. The summed E-state index contributed by atoms with van der Waals surface area (Å²) in [7, 11) is 0. The molecule has 0 N–H and O–H groups in total. The number of aryl methyl sites for hydroxylation is 2. The Labute approximate surface area is 152 Å². The van der Waals surface area contributed by atoms with E-state index in [2.05, 4.69) is 11.2 Å². The number of aromatic nitrogens is 2. The second-order valence-corrected chi connectivity index (χ2v) is 6.35. The summed E-state index contributed by atoms with van der Waals surface area (Å²) in [5.41, 5.74) is 4.48. The van der Waals surface area contributed by atoms with Gasteiger partial charge >= 0.3 is 0 Å². The first-order chi connectivity index (χ1) is 12.4. The highest BCUT2D eigenvalue weighted by Gasteiger charge is 2.23. The molecule has 0 radical (unpaired) electrons. The highest BCUT2D eigenvalue weighted by Crippen LogP contribution is 2.25. The topological polar surface area (TPSA) is 38.1 Å². The smallest absolute Gasteiger partial charge is 0.261 e. The molecule has 4 nitrogen and oxygen atoms in total. The standard InChI is InChI=1S/C21H22FN3O/c1-5-24(19-11-10-14(2)12-15(19)3)21(26)17-13-23-25(16(17)4)20-9-7-6-8-18(20)22/h6-13H,5H2,1-4H3. The van der Waals surface area contributed by atoms with E-state index in [1.54, 1.807) is 30.0 Å². The van der Waals surface area contributed by atoms with Crippen LogP contribution in [-0.2, 0) is 0 Å². The van der Waals surface area contributed by atoms with Crippen LogP contribution in [0.3, 0.4) is 0 Å². The second-order valence-electron chi connectivity index (χ2n) is 6.35. The molecule has 0 unspecified atom stereocenters. The normalized spacial score (nSPS) is 10.8. The van der Waals surface area contributed by atoms with Gasteiger partial charge in [0.05, 0.1) is 17.5 Å². The quantitative estimate of drug-likeness (QED) is 0.689. The lowest BCUT2D eigenvalue weighted by molar-refractivity contribution is 0.0987. The summed E-state index contributed by atoms with van der Waals surface area (Å²) in [6.07, 6.45) is 1.51. The van der Waals surface area contributed by atoms with Gasteiger partial charge in [-0.2, -0.15) is 5.10 Å². The van der Waals surface area contributed by atoms with Crippen LogP contribution in [0.25, 0.3) is 5.69 Å². The number of rotatable bonds is 4. The van der Waals surface area contributed by atoms with Gasteiger partial charge in [0, 0.05) is 12.2 Å². The van der Waals surface area contributed by atoms with E-state index in [-0.39, 0.29) is 11.7 Å². The predicted octanol–water partition coefficient (Wildman–Crippen LogP) is 4.60. The number of halogens is 1. The number of para-hydroxylation sites is 1. The summed E-state index contributed by atoms with van der Waals surface area (Å²) < 4.78 is 15.6. The molecule has 0 atom stereocenters. The summed E-state index contributed by atoms with van der Waals surface area (Å²) in [5, 5.41) is 4.24. The van der Waals surface area contributed by atoms with Crippen molar-refractivity contribution in [2.45, 2.75) is 27.7 Å². The molecular formula is C21H22FN3O. The molecule has 0 spiro atoms. The fraction of sp³-hybridized carbons (Fsp3) is 0.238. The molecule has 1 amide bonds. The SMILES string of the molecule is CCN(C(=O)c1cnn(-c2ccccc2F)c1C)c1ccc(C)cc1C. The predicted molar refractivity (Wildman–Crippen MR) is 102 cm³/mol. The van der Waals surface area contributed by atoms with E-state index in [0.29, 0.717) is 23.5 Å². The Hall–Kier alpha value is -2.95. The average Bonchev–Trinajstić information content (AvgIpc) is 2.99. The van der Waals surface area contributed by atoms with Crippen LogP contribution in [0.2, 0.25) is 0 Å². The van der Waals surface area contributed by atoms with Crippen molar-refractivity contribution in [1.29, 1.82) is 0 Å². The Balaban J connectivity index is 2.01. The van der Waals surface area contributed by atoms with Gasteiger partial charge in [-0.15, -0.1) is 0 Å². The van der Waals surface area contributed by atoms with Crippen LogP contribution >= 0.6 is 0 Å². The third-order valence-corrected chi connectivity index (χ3v) is 4.53. The molecule has 0 fully saturated rings. The van der Waals surface area contributed by atoms with Gasteiger partial charge in [-0.25, -0.2) is 9.07 Å². The molecule has 134 valence electrons. The molecule has 26 heavy (non-hydrogen) atoms. The summed E-state index contributed by atoms with van der Waals surface area (Å²) in [6, 6.07) is 12.4. The van der Waals surface area contributed by atoms with Crippen LogP contribution in [0.15, 0.2) is 48.7 Å².